The van der Waals surface area contributed by atoms with Gasteiger partial charge in [0.1, 0.15) is 0 Å². The third-order valence-electron chi connectivity index (χ3n) is 3.18. The van der Waals surface area contributed by atoms with Gasteiger partial charge in [-0.1, -0.05) is 13.3 Å². The van der Waals surface area contributed by atoms with E-state index < -0.39 is 5.91 Å². The number of benzene rings is 1. The summed E-state index contributed by atoms with van der Waals surface area (Å²) in [6.45, 7) is 3.69. The number of nitrogens with two attached hydrogens (primary N) is 1. The molecule has 2 amide bonds. The molecular formula is C16H24N2O5. The Morgan fingerprint density at radius 2 is 1.78 bits per heavy atom. The molecule has 0 fully saturated rings. The lowest BCUT2D eigenvalue weighted by atomic mass is 10.1. The predicted molar refractivity (Wildman–Crippen MR) is 86.1 cm³/mol. The molecule has 0 aromatic heterocycles. The first-order chi connectivity index (χ1) is 10.9. The Hall–Kier alpha value is -2.44. The van der Waals surface area contributed by atoms with Crippen molar-refractivity contribution in [3.8, 4) is 17.2 Å². The van der Waals surface area contributed by atoms with Crippen LogP contribution in [0.2, 0.25) is 0 Å². The molecule has 0 heterocycles. The Labute approximate surface area is 136 Å². The second-order valence-corrected chi connectivity index (χ2v) is 5.13. The van der Waals surface area contributed by atoms with E-state index in [1.165, 1.54) is 26.4 Å². The molecule has 128 valence electrons. The first-order valence-corrected chi connectivity index (χ1v) is 7.40. The van der Waals surface area contributed by atoms with E-state index in [4.69, 9.17) is 19.9 Å². The molecule has 0 unspecified atom stereocenters. The van der Waals surface area contributed by atoms with Gasteiger partial charge in [-0.05, 0) is 25.5 Å². The first kappa shape index (κ1) is 18.6. The van der Waals surface area contributed by atoms with E-state index in [1.54, 1.807) is 0 Å². The van der Waals surface area contributed by atoms with Crippen molar-refractivity contribution in [2.75, 3.05) is 20.8 Å². The van der Waals surface area contributed by atoms with Crippen LogP contribution in [0.15, 0.2) is 12.1 Å². The summed E-state index contributed by atoms with van der Waals surface area (Å²) in [6.07, 6.45) is 1.87. The Kier molecular flexibility index (Phi) is 7.18. The number of primary amides is 1. The number of rotatable bonds is 9. The molecule has 1 atom stereocenters. The molecule has 0 bridgehead atoms. The molecule has 0 saturated heterocycles. The van der Waals surface area contributed by atoms with Crippen LogP contribution in [0.3, 0.4) is 0 Å². The lowest BCUT2D eigenvalue weighted by Crippen LogP contribution is -2.32. The average Bonchev–Trinajstić information content (AvgIpc) is 2.51. The minimum atomic E-state index is -0.621. The molecule has 1 aromatic rings. The van der Waals surface area contributed by atoms with Gasteiger partial charge in [0.05, 0.1) is 14.2 Å². The van der Waals surface area contributed by atoms with Gasteiger partial charge < -0.3 is 25.3 Å². The average molecular weight is 324 g/mol. The highest BCUT2D eigenvalue weighted by Crippen LogP contribution is 2.38. The third kappa shape index (κ3) is 5.36. The second-order valence-electron chi connectivity index (χ2n) is 5.13. The number of carbonyl (C=O) groups is 2. The summed E-state index contributed by atoms with van der Waals surface area (Å²) in [4.78, 5) is 23.2. The lowest BCUT2D eigenvalue weighted by Gasteiger charge is -2.17. The van der Waals surface area contributed by atoms with E-state index in [0.717, 1.165) is 12.8 Å². The number of amides is 2. The quantitative estimate of drug-likeness (QED) is 0.717. The van der Waals surface area contributed by atoms with Crippen LogP contribution in [0.5, 0.6) is 17.2 Å². The Balaban J connectivity index is 3.07. The largest absolute Gasteiger partial charge is 0.493 e. The van der Waals surface area contributed by atoms with Crippen LogP contribution in [0, 0.1) is 0 Å². The van der Waals surface area contributed by atoms with E-state index in [1.807, 2.05) is 6.92 Å². The molecule has 1 aromatic carbocycles. The van der Waals surface area contributed by atoms with E-state index in [9.17, 15) is 9.59 Å². The van der Waals surface area contributed by atoms with Crippen molar-refractivity contribution >= 4 is 11.8 Å². The second kappa shape index (κ2) is 8.87. The van der Waals surface area contributed by atoms with Gasteiger partial charge in [0.25, 0.3) is 11.8 Å². The molecule has 7 nitrogen and oxygen atoms in total. The van der Waals surface area contributed by atoms with Crippen LogP contribution < -0.4 is 25.3 Å². The van der Waals surface area contributed by atoms with Crippen LogP contribution in [0.25, 0.3) is 0 Å². The molecule has 23 heavy (non-hydrogen) atoms. The van der Waals surface area contributed by atoms with Crippen LogP contribution in [-0.4, -0.2) is 38.7 Å². The van der Waals surface area contributed by atoms with Gasteiger partial charge in [-0.25, -0.2) is 0 Å². The molecule has 0 spiro atoms. The van der Waals surface area contributed by atoms with Crippen molar-refractivity contribution in [1.82, 2.24) is 5.32 Å². The number of methoxy groups -OCH3 is 2. The molecule has 1 rings (SSSR count). The van der Waals surface area contributed by atoms with E-state index >= 15 is 0 Å². The normalized spacial score (nSPS) is 11.5. The van der Waals surface area contributed by atoms with Gasteiger partial charge in [-0.2, -0.15) is 0 Å². The topological polar surface area (TPSA) is 99.9 Å². The maximum Gasteiger partial charge on any atom is 0.255 e. The minimum absolute atomic E-state index is 0.0651. The van der Waals surface area contributed by atoms with Gasteiger partial charge in [0.15, 0.2) is 18.1 Å². The Bertz CT molecular complexity index is 534. The summed E-state index contributed by atoms with van der Waals surface area (Å²) < 4.78 is 15.8. The van der Waals surface area contributed by atoms with Crippen molar-refractivity contribution in [3.63, 3.8) is 0 Å². The fourth-order valence-corrected chi connectivity index (χ4v) is 2.11. The van der Waals surface area contributed by atoms with Crippen molar-refractivity contribution < 1.29 is 23.8 Å². The van der Waals surface area contributed by atoms with Crippen molar-refractivity contribution in [2.45, 2.75) is 32.7 Å². The van der Waals surface area contributed by atoms with Crippen LogP contribution in [0.4, 0.5) is 0 Å². The zero-order valence-corrected chi connectivity index (χ0v) is 14.0. The minimum Gasteiger partial charge on any atom is -0.493 e. The standard InChI is InChI=1S/C16H24N2O5/c1-5-6-10(2)18-16(20)11-7-12(21-3)15(13(8-11)22-4)23-9-14(17)19/h7-8,10H,5-6,9H2,1-4H3,(H2,17,19)(H,18,20)/t10-/m1/s1. The van der Waals surface area contributed by atoms with Crippen molar-refractivity contribution in [3.05, 3.63) is 17.7 Å². The fraction of sp³-hybridized carbons (Fsp3) is 0.500. The SMILES string of the molecule is CCC[C@@H](C)NC(=O)c1cc(OC)c(OCC(N)=O)c(OC)c1. The number of hydrogen-bond acceptors (Lipinski definition) is 5. The molecule has 0 aliphatic rings. The molecule has 0 aliphatic carbocycles. The zero-order valence-electron chi connectivity index (χ0n) is 14.0. The molecule has 0 radical (unpaired) electrons. The lowest BCUT2D eigenvalue weighted by molar-refractivity contribution is -0.120. The number of ether oxygens (including phenoxy) is 3. The number of nitrogens with one attached hydrogen (secondary N) is 1. The monoisotopic (exact) mass is 324 g/mol. The van der Waals surface area contributed by atoms with E-state index in [2.05, 4.69) is 12.2 Å². The van der Waals surface area contributed by atoms with Gasteiger partial charge in [-0.15, -0.1) is 0 Å². The van der Waals surface area contributed by atoms with Gasteiger partial charge in [0, 0.05) is 11.6 Å². The molecule has 3 N–H and O–H groups in total. The number of carbonyl (C=O) groups excluding carboxylic acids is 2. The van der Waals surface area contributed by atoms with Crippen LogP contribution in [-0.2, 0) is 4.79 Å². The summed E-state index contributed by atoms with van der Waals surface area (Å²) in [5.74, 6) is -0.0435. The van der Waals surface area contributed by atoms with E-state index in [-0.39, 0.29) is 24.3 Å². The molecular weight excluding hydrogens is 300 g/mol. The summed E-state index contributed by atoms with van der Waals surface area (Å²) in [6, 6.07) is 3.13. The van der Waals surface area contributed by atoms with Gasteiger partial charge in [-0.3, -0.25) is 9.59 Å². The zero-order chi connectivity index (χ0) is 17.4. The highest BCUT2D eigenvalue weighted by Gasteiger charge is 2.19. The summed E-state index contributed by atoms with van der Waals surface area (Å²) in [7, 11) is 2.88. The molecule has 0 aliphatic heterocycles. The first-order valence-electron chi connectivity index (χ1n) is 7.40. The number of hydrogen-bond donors (Lipinski definition) is 2. The highest BCUT2D eigenvalue weighted by molar-refractivity contribution is 5.95. The molecule has 7 heteroatoms. The van der Waals surface area contributed by atoms with Crippen molar-refractivity contribution in [1.29, 1.82) is 0 Å². The van der Waals surface area contributed by atoms with Gasteiger partial charge in [0.2, 0.25) is 5.75 Å². The smallest absolute Gasteiger partial charge is 0.255 e. The maximum absolute atomic E-state index is 12.3. The third-order valence-corrected chi connectivity index (χ3v) is 3.18. The van der Waals surface area contributed by atoms with E-state index in [0.29, 0.717) is 17.1 Å². The van der Waals surface area contributed by atoms with Crippen LogP contribution in [0.1, 0.15) is 37.0 Å². The summed E-state index contributed by atoms with van der Waals surface area (Å²) in [5.41, 5.74) is 5.46. The fourth-order valence-electron chi connectivity index (χ4n) is 2.11. The Morgan fingerprint density at radius 3 is 2.22 bits per heavy atom. The Morgan fingerprint density at radius 1 is 1.22 bits per heavy atom. The summed E-state index contributed by atoms with van der Waals surface area (Å²) in [5, 5.41) is 2.90. The van der Waals surface area contributed by atoms with Gasteiger partial charge >= 0.3 is 0 Å². The molecule has 0 saturated carbocycles. The highest BCUT2D eigenvalue weighted by atomic mass is 16.5. The maximum atomic E-state index is 12.3. The van der Waals surface area contributed by atoms with Crippen LogP contribution >= 0.6 is 0 Å². The summed E-state index contributed by atoms with van der Waals surface area (Å²) >= 11 is 0. The van der Waals surface area contributed by atoms with Crippen molar-refractivity contribution in [2.24, 2.45) is 5.73 Å². The predicted octanol–water partition coefficient (Wildman–Crippen LogP) is 1.49.